The third-order valence-corrected chi connectivity index (χ3v) is 7.20. The van der Waals surface area contributed by atoms with Gasteiger partial charge in [0.1, 0.15) is 0 Å². The van der Waals surface area contributed by atoms with Gasteiger partial charge in [-0.25, -0.2) is 4.98 Å². The van der Waals surface area contributed by atoms with Gasteiger partial charge < -0.3 is 4.90 Å². The van der Waals surface area contributed by atoms with Gasteiger partial charge in [0.05, 0.1) is 22.8 Å². The summed E-state index contributed by atoms with van der Waals surface area (Å²) in [6.07, 6.45) is 7.79. The molecule has 1 aromatic carbocycles. The van der Waals surface area contributed by atoms with Crippen molar-refractivity contribution >= 4 is 5.69 Å². The van der Waals surface area contributed by atoms with E-state index in [4.69, 9.17) is 15.0 Å². The summed E-state index contributed by atoms with van der Waals surface area (Å²) in [5.74, 6) is 0. The number of hydrogen-bond donors (Lipinski definition) is 0. The van der Waals surface area contributed by atoms with E-state index in [2.05, 4.69) is 55.1 Å². The Hall–Kier alpha value is -3.53. The molecular weight excluding hydrogens is 404 g/mol. The first-order valence-electron chi connectivity index (χ1n) is 12.1. The van der Waals surface area contributed by atoms with Crippen molar-refractivity contribution in [1.82, 2.24) is 15.0 Å². The Morgan fingerprint density at radius 3 is 1.73 bits per heavy atom. The maximum atomic E-state index is 5.26. The van der Waals surface area contributed by atoms with Crippen LogP contribution in [0.4, 0.5) is 5.69 Å². The Labute approximate surface area is 195 Å². The lowest BCUT2D eigenvalue weighted by atomic mass is 9.80. The smallest absolute Gasteiger partial charge is 0.0935 e. The van der Waals surface area contributed by atoms with Crippen molar-refractivity contribution in [3.63, 3.8) is 0 Å². The van der Waals surface area contributed by atoms with Gasteiger partial charge in [-0.3, -0.25) is 9.97 Å². The summed E-state index contributed by atoms with van der Waals surface area (Å²) in [5, 5.41) is 0. The molecule has 4 nitrogen and oxygen atoms in total. The lowest BCUT2D eigenvalue weighted by Crippen LogP contribution is -2.21. The van der Waals surface area contributed by atoms with Gasteiger partial charge in [-0.15, -0.1) is 0 Å². The molecule has 0 N–H and O–H groups in total. The molecule has 0 amide bonds. The minimum Gasteiger partial charge on any atom is -0.372 e. The first-order chi connectivity index (χ1) is 16.3. The molecule has 0 fully saturated rings. The van der Waals surface area contributed by atoms with E-state index in [1.54, 1.807) is 0 Å². The average Bonchev–Trinajstić information content (AvgIpc) is 2.88. The zero-order valence-corrected chi connectivity index (χ0v) is 19.3. The molecule has 2 aliphatic carbocycles. The highest BCUT2D eigenvalue weighted by Gasteiger charge is 2.30. The first kappa shape index (κ1) is 20.1. The van der Waals surface area contributed by atoms with Gasteiger partial charge in [-0.2, -0.15) is 0 Å². The van der Waals surface area contributed by atoms with Gasteiger partial charge in [0.25, 0.3) is 0 Å². The molecule has 0 saturated heterocycles. The summed E-state index contributed by atoms with van der Waals surface area (Å²) in [6, 6.07) is 17.6. The Morgan fingerprint density at radius 2 is 1.21 bits per heavy atom. The van der Waals surface area contributed by atoms with E-state index in [-0.39, 0.29) is 0 Å². The predicted molar refractivity (Wildman–Crippen MR) is 135 cm³/mol. The largest absolute Gasteiger partial charge is 0.372 e. The second kappa shape index (κ2) is 8.11. The Kier molecular flexibility index (Phi) is 4.94. The van der Waals surface area contributed by atoms with E-state index in [9.17, 15) is 0 Å². The SMILES string of the molecule is CCN(CC)c1ccc(-c2c3c(nc4c2CCc2cccnc2-4)-c2ncccc2CC3)cc1. The standard InChI is InChI=1S/C29H28N4/c1-3-33(4-2)22-13-9-19(10-14-22)25-23-15-11-20-7-5-17-30-26(20)28(23)32-29-24(25)16-12-21-8-6-18-31-27(21)29/h5-10,13-14,17-18H,3-4,11-12,15-16H2,1-2H3. The van der Waals surface area contributed by atoms with Crippen LogP contribution >= 0.6 is 0 Å². The Morgan fingerprint density at radius 1 is 0.667 bits per heavy atom. The Bertz CT molecular complexity index is 1260. The van der Waals surface area contributed by atoms with Crippen molar-refractivity contribution in [1.29, 1.82) is 0 Å². The van der Waals surface area contributed by atoms with Crippen LogP contribution in [0.15, 0.2) is 60.9 Å². The first-order valence-corrected chi connectivity index (χ1v) is 12.1. The van der Waals surface area contributed by atoms with Crippen molar-refractivity contribution in [3.8, 4) is 33.9 Å². The molecule has 0 radical (unpaired) electrons. The van der Waals surface area contributed by atoms with Crippen LogP contribution in [-0.4, -0.2) is 28.0 Å². The summed E-state index contributed by atoms with van der Waals surface area (Å²) in [5.41, 5.74) is 13.3. The van der Waals surface area contributed by atoms with E-state index in [1.807, 2.05) is 24.5 Å². The van der Waals surface area contributed by atoms with Crippen LogP contribution < -0.4 is 4.90 Å². The monoisotopic (exact) mass is 432 g/mol. The lowest BCUT2D eigenvalue weighted by Gasteiger charge is -2.28. The van der Waals surface area contributed by atoms with Crippen LogP contribution in [0.5, 0.6) is 0 Å². The van der Waals surface area contributed by atoms with E-state index >= 15 is 0 Å². The van der Waals surface area contributed by atoms with Gasteiger partial charge in [-0.05, 0) is 97.2 Å². The van der Waals surface area contributed by atoms with E-state index < -0.39 is 0 Å². The maximum absolute atomic E-state index is 5.26. The fourth-order valence-electron chi connectivity index (χ4n) is 5.55. The molecular formula is C29H28N4. The van der Waals surface area contributed by atoms with Crippen molar-refractivity contribution in [3.05, 3.63) is 83.2 Å². The highest BCUT2D eigenvalue weighted by molar-refractivity contribution is 5.86. The van der Waals surface area contributed by atoms with Crippen molar-refractivity contribution in [2.24, 2.45) is 0 Å². The molecule has 0 saturated carbocycles. The molecule has 0 unspecified atom stereocenters. The minimum absolute atomic E-state index is 0.997. The molecule has 2 aliphatic rings. The summed E-state index contributed by atoms with van der Waals surface area (Å²) in [7, 11) is 0. The van der Waals surface area contributed by atoms with Crippen molar-refractivity contribution in [2.75, 3.05) is 18.0 Å². The molecule has 0 spiro atoms. The summed E-state index contributed by atoms with van der Waals surface area (Å²) in [4.78, 5) is 17.2. The fraction of sp³-hybridized carbons (Fsp3) is 0.276. The van der Waals surface area contributed by atoms with E-state index in [0.717, 1.165) is 61.5 Å². The van der Waals surface area contributed by atoms with Crippen LogP contribution in [0.2, 0.25) is 0 Å². The van der Waals surface area contributed by atoms with E-state index in [1.165, 1.54) is 39.1 Å². The minimum atomic E-state index is 0.997. The van der Waals surface area contributed by atoms with Crippen LogP contribution in [0, 0.1) is 0 Å². The van der Waals surface area contributed by atoms with Gasteiger partial charge in [0.15, 0.2) is 0 Å². The van der Waals surface area contributed by atoms with Gasteiger partial charge >= 0.3 is 0 Å². The molecule has 0 aliphatic heterocycles. The molecule has 0 atom stereocenters. The Balaban J connectivity index is 1.60. The number of fused-ring (bicyclic) bond motifs is 6. The van der Waals surface area contributed by atoms with Gasteiger partial charge in [0, 0.05) is 31.2 Å². The third-order valence-electron chi connectivity index (χ3n) is 7.20. The van der Waals surface area contributed by atoms with E-state index in [0.29, 0.717) is 0 Å². The average molecular weight is 433 g/mol. The molecule has 33 heavy (non-hydrogen) atoms. The number of benzene rings is 1. The number of aromatic nitrogens is 3. The molecule has 4 aromatic rings. The summed E-state index contributed by atoms with van der Waals surface area (Å²) in [6.45, 7) is 6.45. The van der Waals surface area contributed by atoms with Gasteiger partial charge in [0.2, 0.25) is 0 Å². The summed E-state index contributed by atoms with van der Waals surface area (Å²) < 4.78 is 0. The number of rotatable bonds is 4. The van der Waals surface area contributed by atoms with Crippen LogP contribution in [-0.2, 0) is 25.7 Å². The molecule has 6 rings (SSSR count). The topological polar surface area (TPSA) is 41.9 Å². The molecule has 164 valence electrons. The quantitative estimate of drug-likeness (QED) is 0.402. The number of pyridine rings is 3. The van der Waals surface area contributed by atoms with Crippen LogP contribution in [0.3, 0.4) is 0 Å². The zero-order valence-electron chi connectivity index (χ0n) is 19.3. The normalized spacial score (nSPS) is 13.5. The molecule has 4 heteroatoms. The zero-order chi connectivity index (χ0) is 22.4. The molecule has 3 heterocycles. The lowest BCUT2D eigenvalue weighted by molar-refractivity contribution is 0.866. The second-order valence-corrected chi connectivity index (χ2v) is 8.88. The third kappa shape index (κ3) is 3.24. The number of hydrogen-bond acceptors (Lipinski definition) is 4. The maximum Gasteiger partial charge on any atom is 0.0935 e. The highest BCUT2D eigenvalue weighted by Crippen LogP contribution is 2.44. The fourth-order valence-corrected chi connectivity index (χ4v) is 5.55. The van der Waals surface area contributed by atoms with Gasteiger partial charge in [-0.1, -0.05) is 24.3 Å². The highest BCUT2D eigenvalue weighted by atomic mass is 15.1. The number of aryl methyl sites for hydroxylation is 2. The number of anilines is 1. The summed E-state index contributed by atoms with van der Waals surface area (Å²) >= 11 is 0. The second-order valence-electron chi connectivity index (χ2n) is 8.88. The van der Waals surface area contributed by atoms with Crippen molar-refractivity contribution < 1.29 is 0 Å². The molecule has 3 aromatic heterocycles. The van der Waals surface area contributed by atoms with Crippen LogP contribution in [0.1, 0.15) is 36.1 Å². The predicted octanol–water partition coefficient (Wildman–Crippen LogP) is 5.92. The molecule has 0 bridgehead atoms. The number of nitrogens with zero attached hydrogens (tertiary/aromatic N) is 4. The van der Waals surface area contributed by atoms with Crippen LogP contribution in [0.25, 0.3) is 33.9 Å². The van der Waals surface area contributed by atoms with Crippen molar-refractivity contribution in [2.45, 2.75) is 39.5 Å².